The van der Waals surface area contributed by atoms with Crippen molar-refractivity contribution in [2.24, 2.45) is 5.73 Å². The molecule has 0 saturated carbocycles. The summed E-state index contributed by atoms with van der Waals surface area (Å²) >= 11 is 0. The zero-order chi connectivity index (χ0) is 8.43. The van der Waals surface area contributed by atoms with Gasteiger partial charge in [0.05, 0.1) is 0 Å². The second-order valence-corrected chi connectivity index (χ2v) is 2.77. The molecule has 2 N–H and O–H groups in total. The molecule has 1 unspecified atom stereocenters. The molecule has 0 aromatic heterocycles. The maximum atomic E-state index is 13.2. The van der Waals surface area contributed by atoms with Crippen LogP contribution >= 0.6 is 0 Å². The molecule has 1 rings (SSSR count). The van der Waals surface area contributed by atoms with Gasteiger partial charge in [0.25, 0.3) is 0 Å². The smallest absolute Gasteiger partial charge is 0.130 e. The zero-order valence-corrected chi connectivity index (χ0v) is 6.76. The minimum Gasteiger partial charge on any atom is -0.324 e. The molecule has 1 aromatic carbocycles. The minimum absolute atomic E-state index is 0.178. The maximum absolute atomic E-state index is 13.2. The van der Waals surface area contributed by atoms with Gasteiger partial charge in [-0.15, -0.1) is 0 Å². The van der Waals surface area contributed by atoms with Gasteiger partial charge in [0.2, 0.25) is 0 Å². The average molecular weight is 153 g/mol. The van der Waals surface area contributed by atoms with Crippen LogP contribution in [0.2, 0.25) is 0 Å². The standard InChI is InChI=1S/C9H12FN/c1-6-4-3-5-8(7(2)11)9(6)10/h3-5,7H,11H2,1-2H3. The lowest BCUT2D eigenvalue weighted by atomic mass is 10.1. The molecule has 0 heterocycles. The summed E-state index contributed by atoms with van der Waals surface area (Å²) in [4.78, 5) is 0. The molecule has 60 valence electrons. The highest BCUT2D eigenvalue weighted by Gasteiger charge is 2.07. The van der Waals surface area contributed by atoms with Crippen molar-refractivity contribution in [3.05, 3.63) is 35.1 Å². The molecule has 0 saturated heterocycles. The normalized spacial score (nSPS) is 13.1. The fraction of sp³-hybridized carbons (Fsp3) is 0.333. The van der Waals surface area contributed by atoms with Crippen molar-refractivity contribution in [1.29, 1.82) is 0 Å². The largest absolute Gasteiger partial charge is 0.324 e. The number of hydrogen-bond donors (Lipinski definition) is 1. The van der Waals surface area contributed by atoms with Crippen LogP contribution in [-0.4, -0.2) is 0 Å². The molecule has 0 aliphatic carbocycles. The Bertz CT molecular complexity index is 256. The summed E-state index contributed by atoms with van der Waals surface area (Å²) in [6.07, 6.45) is 0. The first kappa shape index (κ1) is 8.21. The first-order chi connectivity index (χ1) is 5.13. The Morgan fingerprint density at radius 3 is 2.55 bits per heavy atom. The van der Waals surface area contributed by atoms with E-state index in [4.69, 9.17) is 5.73 Å². The molecule has 0 aliphatic heterocycles. The predicted molar refractivity (Wildman–Crippen MR) is 43.7 cm³/mol. The zero-order valence-electron chi connectivity index (χ0n) is 6.76. The molecule has 1 atom stereocenters. The topological polar surface area (TPSA) is 26.0 Å². The Labute approximate surface area is 66.0 Å². The van der Waals surface area contributed by atoms with E-state index in [0.717, 1.165) is 0 Å². The van der Waals surface area contributed by atoms with E-state index in [1.807, 2.05) is 6.07 Å². The molecular weight excluding hydrogens is 141 g/mol. The van der Waals surface area contributed by atoms with Crippen molar-refractivity contribution in [2.75, 3.05) is 0 Å². The Balaban J connectivity index is 3.17. The van der Waals surface area contributed by atoms with Crippen LogP contribution in [0.25, 0.3) is 0 Å². The van der Waals surface area contributed by atoms with Crippen LogP contribution in [0, 0.1) is 12.7 Å². The van der Waals surface area contributed by atoms with Crippen LogP contribution in [0.3, 0.4) is 0 Å². The number of nitrogens with two attached hydrogens (primary N) is 1. The molecule has 0 radical (unpaired) electrons. The number of rotatable bonds is 1. The summed E-state index contributed by atoms with van der Waals surface area (Å²) in [5.74, 6) is -0.178. The summed E-state index contributed by atoms with van der Waals surface area (Å²) in [5, 5.41) is 0. The van der Waals surface area contributed by atoms with Crippen molar-refractivity contribution < 1.29 is 4.39 Å². The van der Waals surface area contributed by atoms with E-state index >= 15 is 0 Å². The predicted octanol–water partition coefficient (Wildman–Crippen LogP) is 2.15. The summed E-state index contributed by atoms with van der Waals surface area (Å²) in [7, 11) is 0. The van der Waals surface area contributed by atoms with Gasteiger partial charge in [-0.3, -0.25) is 0 Å². The number of benzene rings is 1. The number of aryl methyl sites for hydroxylation is 1. The van der Waals surface area contributed by atoms with Crippen molar-refractivity contribution >= 4 is 0 Å². The van der Waals surface area contributed by atoms with Crippen molar-refractivity contribution in [3.8, 4) is 0 Å². The third-order valence-electron chi connectivity index (χ3n) is 1.71. The lowest BCUT2D eigenvalue weighted by molar-refractivity contribution is 0.585. The highest BCUT2D eigenvalue weighted by atomic mass is 19.1. The average Bonchev–Trinajstić information content (AvgIpc) is 1.94. The Morgan fingerprint density at radius 1 is 1.45 bits per heavy atom. The van der Waals surface area contributed by atoms with E-state index in [9.17, 15) is 4.39 Å². The Kier molecular flexibility index (Phi) is 2.25. The van der Waals surface area contributed by atoms with Gasteiger partial charge in [0, 0.05) is 11.6 Å². The second kappa shape index (κ2) is 3.01. The Morgan fingerprint density at radius 2 is 2.09 bits per heavy atom. The van der Waals surface area contributed by atoms with Crippen LogP contribution < -0.4 is 5.73 Å². The maximum Gasteiger partial charge on any atom is 0.130 e. The van der Waals surface area contributed by atoms with Gasteiger partial charge in [-0.05, 0) is 19.4 Å². The molecule has 0 bridgehead atoms. The van der Waals surface area contributed by atoms with E-state index in [1.165, 1.54) is 0 Å². The van der Waals surface area contributed by atoms with E-state index in [-0.39, 0.29) is 11.9 Å². The molecule has 11 heavy (non-hydrogen) atoms. The van der Waals surface area contributed by atoms with Gasteiger partial charge in [-0.25, -0.2) is 4.39 Å². The van der Waals surface area contributed by atoms with Crippen LogP contribution in [0.1, 0.15) is 24.1 Å². The van der Waals surface area contributed by atoms with Gasteiger partial charge in [-0.1, -0.05) is 18.2 Å². The second-order valence-electron chi connectivity index (χ2n) is 2.77. The molecule has 2 heteroatoms. The molecule has 1 aromatic rings. The van der Waals surface area contributed by atoms with Gasteiger partial charge < -0.3 is 5.73 Å². The molecular formula is C9H12FN. The highest BCUT2D eigenvalue weighted by molar-refractivity contribution is 5.26. The minimum atomic E-state index is -0.227. The van der Waals surface area contributed by atoms with E-state index in [0.29, 0.717) is 11.1 Å². The van der Waals surface area contributed by atoms with E-state index in [2.05, 4.69) is 0 Å². The van der Waals surface area contributed by atoms with Crippen LogP contribution in [0.4, 0.5) is 4.39 Å². The van der Waals surface area contributed by atoms with Gasteiger partial charge >= 0.3 is 0 Å². The summed E-state index contributed by atoms with van der Waals surface area (Å²) in [6.45, 7) is 3.51. The van der Waals surface area contributed by atoms with Gasteiger partial charge in [0.15, 0.2) is 0 Å². The first-order valence-electron chi connectivity index (χ1n) is 3.63. The lowest BCUT2D eigenvalue weighted by Crippen LogP contribution is -2.07. The summed E-state index contributed by atoms with van der Waals surface area (Å²) < 4.78 is 13.2. The van der Waals surface area contributed by atoms with E-state index in [1.54, 1.807) is 26.0 Å². The SMILES string of the molecule is Cc1cccc(C(C)N)c1F. The summed E-state index contributed by atoms with van der Waals surface area (Å²) in [5.41, 5.74) is 6.78. The van der Waals surface area contributed by atoms with Crippen LogP contribution in [-0.2, 0) is 0 Å². The number of hydrogen-bond acceptors (Lipinski definition) is 1. The van der Waals surface area contributed by atoms with Gasteiger partial charge in [-0.2, -0.15) is 0 Å². The summed E-state index contributed by atoms with van der Waals surface area (Å²) in [6, 6.07) is 5.04. The van der Waals surface area contributed by atoms with Crippen molar-refractivity contribution in [1.82, 2.24) is 0 Å². The highest BCUT2D eigenvalue weighted by Crippen LogP contribution is 2.16. The third kappa shape index (κ3) is 1.57. The quantitative estimate of drug-likeness (QED) is 0.657. The van der Waals surface area contributed by atoms with Crippen molar-refractivity contribution in [3.63, 3.8) is 0 Å². The monoisotopic (exact) mass is 153 g/mol. The molecule has 1 nitrogen and oxygen atoms in total. The number of halogens is 1. The van der Waals surface area contributed by atoms with Gasteiger partial charge in [0.1, 0.15) is 5.82 Å². The first-order valence-corrected chi connectivity index (χ1v) is 3.63. The van der Waals surface area contributed by atoms with Crippen molar-refractivity contribution in [2.45, 2.75) is 19.9 Å². The lowest BCUT2D eigenvalue weighted by Gasteiger charge is -2.07. The molecule has 0 amide bonds. The fourth-order valence-electron chi connectivity index (χ4n) is 1.02. The van der Waals surface area contributed by atoms with Crippen LogP contribution in [0.15, 0.2) is 18.2 Å². The molecule has 0 fully saturated rings. The van der Waals surface area contributed by atoms with Crippen LogP contribution in [0.5, 0.6) is 0 Å². The van der Waals surface area contributed by atoms with E-state index < -0.39 is 0 Å². The fourth-order valence-corrected chi connectivity index (χ4v) is 1.02. The molecule has 0 aliphatic rings. The Hall–Kier alpha value is -0.890. The molecule has 0 spiro atoms. The third-order valence-corrected chi connectivity index (χ3v) is 1.71.